The van der Waals surface area contributed by atoms with E-state index in [1.165, 1.54) is 19.2 Å². The molecule has 8 heteroatoms. The molecule has 0 spiro atoms. The quantitative estimate of drug-likeness (QED) is 0.517. The van der Waals surface area contributed by atoms with E-state index in [0.29, 0.717) is 34.7 Å². The van der Waals surface area contributed by atoms with Crippen LogP contribution in [-0.4, -0.2) is 22.0 Å². The zero-order valence-corrected chi connectivity index (χ0v) is 12.2. The van der Waals surface area contributed by atoms with Gasteiger partial charge in [0.1, 0.15) is 22.5 Å². The Balaban J connectivity index is 2.35. The van der Waals surface area contributed by atoms with Crippen LogP contribution >= 0.6 is 11.6 Å². The second-order valence-corrected chi connectivity index (χ2v) is 4.50. The predicted octanol–water partition coefficient (Wildman–Crippen LogP) is 3.35. The van der Waals surface area contributed by atoms with Gasteiger partial charge in [0.2, 0.25) is 0 Å². The molecule has 21 heavy (non-hydrogen) atoms. The fourth-order valence-corrected chi connectivity index (χ4v) is 1.92. The number of ether oxygens (including phenoxy) is 1. The molecule has 0 aliphatic heterocycles. The number of halogens is 1. The molecule has 0 amide bonds. The summed E-state index contributed by atoms with van der Waals surface area (Å²) in [7, 11) is 1.44. The summed E-state index contributed by atoms with van der Waals surface area (Å²) >= 11 is 5.92. The van der Waals surface area contributed by atoms with Crippen LogP contribution in [0.5, 0.6) is 5.75 Å². The molecule has 0 fully saturated rings. The van der Waals surface area contributed by atoms with Crippen molar-refractivity contribution in [2.75, 3.05) is 12.4 Å². The van der Waals surface area contributed by atoms with Gasteiger partial charge >= 0.3 is 0 Å². The fraction of sp³-hybridized carbons (Fsp3) is 0.231. The standard InChI is InChI=1S/C13H13ClN4O3/c1-3-12-16-11(14)7-13(17-12)15-9-5-4-8(18(19)20)6-10(9)21-2/h4-7H,3H2,1-2H3,(H,15,16,17). The van der Waals surface area contributed by atoms with Crippen LogP contribution in [0.2, 0.25) is 5.15 Å². The maximum Gasteiger partial charge on any atom is 0.273 e. The maximum absolute atomic E-state index is 10.8. The number of methoxy groups -OCH3 is 1. The molecule has 1 N–H and O–H groups in total. The Labute approximate surface area is 126 Å². The summed E-state index contributed by atoms with van der Waals surface area (Å²) in [5.74, 6) is 1.45. The number of hydrogen-bond donors (Lipinski definition) is 1. The van der Waals surface area contributed by atoms with Crippen LogP contribution in [0.25, 0.3) is 0 Å². The van der Waals surface area contributed by atoms with E-state index < -0.39 is 4.92 Å². The number of non-ortho nitro benzene ring substituents is 1. The van der Waals surface area contributed by atoms with E-state index in [1.54, 1.807) is 12.1 Å². The van der Waals surface area contributed by atoms with Gasteiger partial charge in [0.05, 0.1) is 23.8 Å². The minimum Gasteiger partial charge on any atom is -0.494 e. The average molecular weight is 309 g/mol. The van der Waals surface area contributed by atoms with E-state index in [-0.39, 0.29) is 5.69 Å². The Morgan fingerprint density at radius 1 is 1.38 bits per heavy atom. The van der Waals surface area contributed by atoms with Crippen molar-refractivity contribution in [2.24, 2.45) is 0 Å². The first-order valence-corrected chi connectivity index (χ1v) is 6.54. The Kier molecular flexibility index (Phi) is 4.54. The lowest BCUT2D eigenvalue weighted by Crippen LogP contribution is -2.01. The van der Waals surface area contributed by atoms with Gasteiger partial charge in [0, 0.05) is 18.6 Å². The van der Waals surface area contributed by atoms with Crippen molar-refractivity contribution in [1.82, 2.24) is 9.97 Å². The van der Waals surface area contributed by atoms with Crippen molar-refractivity contribution in [3.8, 4) is 5.75 Å². The van der Waals surface area contributed by atoms with Gasteiger partial charge in [-0.3, -0.25) is 10.1 Å². The third-order valence-corrected chi connectivity index (χ3v) is 2.91. The van der Waals surface area contributed by atoms with Crippen LogP contribution in [-0.2, 0) is 6.42 Å². The van der Waals surface area contributed by atoms with E-state index in [1.807, 2.05) is 6.92 Å². The molecular formula is C13H13ClN4O3. The molecule has 0 aliphatic rings. The highest BCUT2D eigenvalue weighted by molar-refractivity contribution is 6.29. The molecule has 1 heterocycles. The van der Waals surface area contributed by atoms with E-state index in [2.05, 4.69) is 15.3 Å². The van der Waals surface area contributed by atoms with Gasteiger partial charge in [0.25, 0.3) is 5.69 Å². The van der Waals surface area contributed by atoms with Crippen molar-refractivity contribution in [1.29, 1.82) is 0 Å². The van der Waals surface area contributed by atoms with E-state index in [9.17, 15) is 10.1 Å². The number of hydrogen-bond acceptors (Lipinski definition) is 6. The number of nitrogens with one attached hydrogen (secondary N) is 1. The maximum atomic E-state index is 10.8. The number of rotatable bonds is 5. The van der Waals surface area contributed by atoms with Gasteiger partial charge in [-0.05, 0) is 6.07 Å². The van der Waals surface area contributed by atoms with Crippen LogP contribution < -0.4 is 10.1 Å². The number of aromatic nitrogens is 2. The molecule has 7 nitrogen and oxygen atoms in total. The van der Waals surface area contributed by atoms with Crippen molar-refractivity contribution < 1.29 is 9.66 Å². The third-order valence-electron chi connectivity index (χ3n) is 2.72. The molecule has 1 aromatic carbocycles. The molecule has 0 bridgehead atoms. The Hall–Kier alpha value is -2.41. The molecular weight excluding hydrogens is 296 g/mol. The molecule has 2 rings (SSSR count). The van der Waals surface area contributed by atoms with Crippen LogP contribution in [0, 0.1) is 10.1 Å². The van der Waals surface area contributed by atoms with Crippen molar-refractivity contribution in [3.05, 3.63) is 45.4 Å². The second kappa shape index (κ2) is 6.36. The lowest BCUT2D eigenvalue weighted by Gasteiger charge is -2.11. The van der Waals surface area contributed by atoms with Crippen molar-refractivity contribution in [2.45, 2.75) is 13.3 Å². The van der Waals surface area contributed by atoms with Crippen LogP contribution in [0.15, 0.2) is 24.3 Å². The molecule has 0 radical (unpaired) electrons. The minimum atomic E-state index is -0.483. The number of anilines is 2. The van der Waals surface area contributed by atoms with Gasteiger partial charge in [-0.15, -0.1) is 0 Å². The summed E-state index contributed by atoms with van der Waals surface area (Å²) in [6.45, 7) is 1.92. The van der Waals surface area contributed by atoms with E-state index in [4.69, 9.17) is 16.3 Å². The summed E-state index contributed by atoms with van der Waals surface area (Å²) in [6.07, 6.45) is 0.645. The summed E-state index contributed by atoms with van der Waals surface area (Å²) < 4.78 is 5.15. The highest BCUT2D eigenvalue weighted by Gasteiger charge is 2.12. The second-order valence-electron chi connectivity index (χ2n) is 4.11. The molecule has 0 atom stereocenters. The number of nitro benzene ring substituents is 1. The number of benzene rings is 1. The predicted molar refractivity (Wildman–Crippen MR) is 79.4 cm³/mol. The van der Waals surface area contributed by atoms with Gasteiger partial charge in [-0.2, -0.15) is 0 Å². The Morgan fingerprint density at radius 3 is 2.76 bits per heavy atom. The van der Waals surface area contributed by atoms with Gasteiger partial charge in [0.15, 0.2) is 0 Å². The molecule has 0 saturated heterocycles. The van der Waals surface area contributed by atoms with Gasteiger partial charge in [-0.25, -0.2) is 9.97 Å². The first-order chi connectivity index (χ1) is 10.0. The molecule has 0 aliphatic carbocycles. The fourth-order valence-electron chi connectivity index (χ4n) is 1.72. The minimum absolute atomic E-state index is 0.0487. The first kappa shape index (κ1) is 15.0. The molecule has 2 aromatic rings. The Morgan fingerprint density at radius 2 is 2.14 bits per heavy atom. The summed E-state index contributed by atoms with van der Waals surface area (Å²) in [5.41, 5.74) is 0.507. The van der Waals surface area contributed by atoms with Crippen molar-refractivity contribution in [3.63, 3.8) is 0 Å². The van der Waals surface area contributed by atoms with Crippen molar-refractivity contribution >= 4 is 28.8 Å². The highest BCUT2D eigenvalue weighted by atomic mass is 35.5. The third kappa shape index (κ3) is 3.57. The molecule has 0 unspecified atom stereocenters. The smallest absolute Gasteiger partial charge is 0.273 e. The lowest BCUT2D eigenvalue weighted by molar-refractivity contribution is -0.384. The summed E-state index contributed by atoms with van der Waals surface area (Å²) in [4.78, 5) is 18.6. The van der Waals surface area contributed by atoms with Crippen LogP contribution in [0.3, 0.4) is 0 Å². The lowest BCUT2D eigenvalue weighted by atomic mass is 10.2. The van der Waals surface area contributed by atoms with Gasteiger partial charge in [-0.1, -0.05) is 18.5 Å². The number of nitro groups is 1. The summed E-state index contributed by atoms with van der Waals surface area (Å²) in [6, 6.07) is 5.85. The van der Waals surface area contributed by atoms with Crippen LogP contribution in [0.4, 0.5) is 17.2 Å². The monoisotopic (exact) mass is 308 g/mol. The normalized spacial score (nSPS) is 10.2. The number of aryl methyl sites for hydroxylation is 1. The first-order valence-electron chi connectivity index (χ1n) is 6.16. The molecule has 0 saturated carbocycles. The molecule has 1 aromatic heterocycles. The molecule has 110 valence electrons. The van der Waals surface area contributed by atoms with E-state index in [0.717, 1.165) is 0 Å². The average Bonchev–Trinajstić information content (AvgIpc) is 2.46. The Bertz CT molecular complexity index is 678. The zero-order valence-electron chi connectivity index (χ0n) is 11.5. The summed E-state index contributed by atoms with van der Waals surface area (Å²) in [5, 5.41) is 14.1. The number of nitrogens with zero attached hydrogens (tertiary/aromatic N) is 3. The van der Waals surface area contributed by atoms with Crippen LogP contribution in [0.1, 0.15) is 12.7 Å². The largest absolute Gasteiger partial charge is 0.494 e. The van der Waals surface area contributed by atoms with E-state index >= 15 is 0 Å². The van der Waals surface area contributed by atoms with Gasteiger partial charge < -0.3 is 10.1 Å². The SMILES string of the molecule is CCc1nc(Cl)cc(Nc2ccc([N+](=O)[O-])cc2OC)n1. The zero-order chi connectivity index (χ0) is 15.4. The topological polar surface area (TPSA) is 90.2 Å². The highest BCUT2D eigenvalue weighted by Crippen LogP contribution is 2.31.